The van der Waals surface area contributed by atoms with Crippen molar-refractivity contribution in [3.63, 3.8) is 0 Å². The van der Waals surface area contributed by atoms with Crippen LogP contribution in [0, 0.1) is 0 Å². The number of phenolic OH excluding ortho intramolecular Hbond substituents is 1. The second kappa shape index (κ2) is 4.93. The molecule has 102 valence electrons. The first-order valence-electron chi connectivity index (χ1n) is 5.48. The van der Waals surface area contributed by atoms with Crippen LogP contribution in [0.4, 0.5) is 13.2 Å². The van der Waals surface area contributed by atoms with Gasteiger partial charge in [-0.1, -0.05) is 0 Å². The number of aromatic nitrogens is 2. The van der Waals surface area contributed by atoms with E-state index < -0.39 is 18.5 Å². The molecule has 2 aromatic rings. The largest absolute Gasteiger partial charge is 0.508 e. The van der Waals surface area contributed by atoms with Crippen LogP contribution in [-0.4, -0.2) is 26.8 Å². The molecule has 0 fully saturated rings. The van der Waals surface area contributed by atoms with E-state index in [2.05, 4.69) is 9.97 Å². The van der Waals surface area contributed by atoms with Gasteiger partial charge >= 0.3 is 6.18 Å². The summed E-state index contributed by atoms with van der Waals surface area (Å²) in [5.41, 5.74) is -0.754. The van der Waals surface area contributed by atoms with Crippen LogP contribution in [0.3, 0.4) is 0 Å². The normalized spacial score (nSPS) is 11.8. The summed E-state index contributed by atoms with van der Waals surface area (Å²) in [5.74, 6) is 0.0673. The van der Waals surface area contributed by atoms with E-state index in [9.17, 15) is 13.2 Å². The van der Waals surface area contributed by atoms with Crippen molar-refractivity contribution in [2.45, 2.75) is 12.6 Å². The summed E-state index contributed by atoms with van der Waals surface area (Å²) < 4.78 is 38.3. The molecule has 0 amide bonds. The number of alkyl halides is 3. The lowest BCUT2D eigenvalue weighted by Crippen LogP contribution is -2.10. The molecule has 0 unspecified atom stereocenters. The Morgan fingerprint density at radius 3 is 2.32 bits per heavy atom. The maximum absolute atomic E-state index is 12.8. The zero-order valence-electron chi connectivity index (χ0n) is 9.70. The van der Waals surface area contributed by atoms with Crippen molar-refractivity contribution in [1.29, 1.82) is 0 Å². The van der Waals surface area contributed by atoms with E-state index in [-0.39, 0.29) is 23.7 Å². The number of halogens is 3. The minimum absolute atomic E-state index is 0.0157. The minimum Gasteiger partial charge on any atom is -0.508 e. The van der Waals surface area contributed by atoms with E-state index >= 15 is 0 Å². The number of hydrogen-bond acceptors (Lipinski definition) is 3. The highest BCUT2D eigenvalue weighted by Crippen LogP contribution is 2.32. The number of hydrogen-bond donors (Lipinski definition) is 3. The Morgan fingerprint density at radius 1 is 1.16 bits per heavy atom. The number of rotatable bonds is 3. The van der Waals surface area contributed by atoms with Gasteiger partial charge in [0.05, 0.1) is 0 Å². The lowest BCUT2D eigenvalue weighted by atomic mass is 10.2. The molecular weight excluding hydrogens is 261 g/mol. The minimum atomic E-state index is -4.57. The van der Waals surface area contributed by atoms with Crippen LogP contribution in [-0.2, 0) is 12.6 Å². The number of aromatic amines is 1. The molecule has 0 bridgehead atoms. The average molecular weight is 272 g/mol. The molecule has 0 radical (unpaired) electrons. The number of nitrogens with zero attached hydrogens (tertiary/aromatic N) is 1. The van der Waals surface area contributed by atoms with Crippen LogP contribution in [0.2, 0.25) is 0 Å². The first-order chi connectivity index (χ1) is 8.91. The van der Waals surface area contributed by atoms with E-state index in [1.807, 2.05) is 0 Å². The van der Waals surface area contributed by atoms with Crippen LogP contribution in [0.1, 0.15) is 11.4 Å². The number of H-pyrrole nitrogens is 1. The number of aromatic hydroxyl groups is 1. The van der Waals surface area contributed by atoms with Crippen molar-refractivity contribution in [2.24, 2.45) is 0 Å². The van der Waals surface area contributed by atoms with Gasteiger partial charge in [0, 0.05) is 24.3 Å². The molecule has 3 N–H and O–H groups in total. The van der Waals surface area contributed by atoms with Crippen molar-refractivity contribution < 1.29 is 23.4 Å². The molecule has 1 aromatic carbocycles. The van der Waals surface area contributed by atoms with Gasteiger partial charge in [-0.3, -0.25) is 0 Å². The topological polar surface area (TPSA) is 69.1 Å². The molecule has 0 saturated carbocycles. The van der Waals surface area contributed by atoms with Crippen molar-refractivity contribution in [3.8, 4) is 17.1 Å². The molecule has 4 nitrogen and oxygen atoms in total. The Hall–Kier alpha value is -2.02. The van der Waals surface area contributed by atoms with E-state index in [4.69, 9.17) is 10.2 Å². The molecule has 1 heterocycles. The Morgan fingerprint density at radius 2 is 1.79 bits per heavy atom. The maximum Gasteiger partial charge on any atom is 0.435 e. The number of benzene rings is 1. The molecule has 0 atom stereocenters. The molecule has 19 heavy (non-hydrogen) atoms. The summed E-state index contributed by atoms with van der Waals surface area (Å²) in [4.78, 5) is 6.08. The summed E-state index contributed by atoms with van der Waals surface area (Å²) in [5, 5.41) is 17.9. The monoisotopic (exact) mass is 272 g/mol. The van der Waals surface area contributed by atoms with Crippen LogP contribution >= 0.6 is 0 Å². The molecule has 0 aliphatic heterocycles. The van der Waals surface area contributed by atoms with Gasteiger partial charge in [0.15, 0.2) is 5.69 Å². The number of aliphatic hydroxyl groups is 1. The zero-order valence-corrected chi connectivity index (χ0v) is 9.70. The second-order valence-electron chi connectivity index (χ2n) is 3.93. The first-order valence-corrected chi connectivity index (χ1v) is 5.48. The van der Waals surface area contributed by atoms with Gasteiger partial charge in [0.2, 0.25) is 0 Å². The van der Waals surface area contributed by atoms with E-state index in [0.717, 1.165) is 0 Å². The highest BCUT2D eigenvalue weighted by atomic mass is 19.4. The van der Waals surface area contributed by atoms with E-state index in [1.54, 1.807) is 0 Å². The SMILES string of the molecule is OCCc1[nH]c(-c2ccc(O)cc2)nc1C(F)(F)F. The Kier molecular flexibility index (Phi) is 3.48. The first kappa shape index (κ1) is 13.4. The van der Waals surface area contributed by atoms with Crippen LogP contribution < -0.4 is 0 Å². The number of aliphatic hydroxyl groups excluding tert-OH is 1. The molecule has 0 aliphatic rings. The number of nitrogens with one attached hydrogen (secondary N) is 1. The predicted octanol–water partition coefficient (Wildman–Crippen LogP) is 2.34. The third-order valence-corrected chi connectivity index (χ3v) is 2.55. The number of phenols is 1. The standard InChI is InChI=1S/C12H11F3N2O2/c13-12(14,15)10-9(5-6-18)16-11(17-10)7-1-3-8(19)4-2-7/h1-4,18-19H,5-6H2,(H,16,17). The summed E-state index contributed by atoms with van der Waals surface area (Å²) in [6, 6.07) is 5.63. The fourth-order valence-electron chi connectivity index (χ4n) is 1.69. The van der Waals surface area contributed by atoms with Crippen molar-refractivity contribution in [2.75, 3.05) is 6.61 Å². The van der Waals surface area contributed by atoms with Crippen molar-refractivity contribution >= 4 is 0 Å². The van der Waals surface area contributed by atoms with Crippen LogP contribution in [0.5, 0.6) is 5.75 Å². The van der Waals surface area contributed by atoms with Gasteiger partial charge in [0.25, 0.3) is 0 Å². The molecule has 1 aromatic heterocycles. The molecule has 0 saturated heterocycles. The Labute approximate surface area is 106 Å². The molecule has 0 aliphatic carbocycles. The fourth-order valence-corrected chi connectivity index (χ4v) is 1.69. The highest BCUT2D eigenvalue weighted by Gasteiger charge is 2.37. The van der Waals surface area contributed by atoms with Crippen LogP contribution in [0.15, 0.2) is 24.3 Å². The Balaban J connectivity index is 2.45. The lowest BCUT2D eigenvalue weighted by Gasteiger charge is -2.04. The zero-order chi connectivity index (χ0) is 14.0. The van der Waals surface area contributed by atoms with Gasteiger partial charge in [-0.15, -0.1) is 0 Å². The van der Waals surface area contributed by atoms with E-state index in [0.29, 0.717) is 5.56 Å². The molecule has 2 rings (SSSR count). The van der Waals surface area contributed by atoms with Gasteiger partial charge < -0.3 is 15.2 Å². The third kappa shape index (κ3) is 2.87. The maximum atomic E-state index is 12.8. The Bertz CT molecular complexity index is 561. The van der Waals surface area contributed by atoms with Gasteiger partial charge in [-0.05, 0) is 24.3 Å². The van der Waals surface area contributed by atoms with Gasteiger partial charge in [-0.2, -0.15) is 13.2 Å². The number of imidazole rings is 1. The smallest absolute Gasteiger partial charge is 0.435 e. The van der Waals surface area contributed by atoms with Gasteiger partial charge in [0.1, 0.15) is 11.6 Å². The summed E-state index contributed by atoms with van der Waals surface area (Å²) in [7, 11) is 0. The average Bonchev–Trinajstić information content (AvgIpc) is 2.74. The summed E-state index contributed by atoms with van der Waals surface area (Å²) in [6.45, 7) is -0.402. The van der Waals surface area contributed by atoms with E-state index in [1.165, 1.54) is 24.3 Å². The highest BCUT2D eigenvalue weighted by molar-refractivity contribution is 5.57. The molecule has 7 heteroatoms. The summed E-state index contributed by atoms with van der Waals surface area (Å²) in [6.07, 6.45) is -4.73. The molecule has 0 spiro atoms. The van der Waals surface area contributed by atoms with Crippen molar-refractivity contribution in [3.05, 3.63) is 35.7 Å². The third-order valence-electron chi connectivity index (χ3n) is 2.55. The van der Waals surface area contributed by atoms with Crippen molar-refractivity contribution in [1.82, 2.24) is 9.97 Å². The lowest BCUT2D eigenvalue weighted by molar-refractivity contribution is -0.141. The second-order valence-corrected chi connectivity index (χ2v) is 3.93. The fraction of sp³-hybridized carbons (Fsp3) is 0.250. The predicted molar refractivity (Wildman–Crippen MR) is 61.5 cm³/mol. The van der Waals surface area contributed by atoms with Crippen LogP contribution in [0.25, 0.3) is 11.4 Å². The van der Waals surface area contributed by atoms with Gasteiger partial charge in [-0.25, -0.2) is 4.98 Å². The molecular formula is C12H11F3N2O2. The summed E-state index contributed by atoms with van der Waals surface area (Å²) >= 11 is 0. The quantitative estimate of drug-likeness (QED) is 0.803.